The Kier molecular flexibility index (Phi) is 5.48. The molecule has 1 aliphatic carbocycles. The van der Waals surface area contributed by atoms with Gasteiger partial charge < -0.3 is 9.47 Å². The van der Waals surface area contributed by atoms with E-state index in [0.717, 1.165) is 79.3 Å². The van der Waals surface area contributed by atoms with E-state index in [9.17, 15) is 0 Å². The number of aryl methyl sites for hydroxylation is 3. The molecule has 0 radical (unpaired) electrons. The molecule has 3 heterocycles. The van der Waals surface area contributed by atoms with Crippen LogP contribution in [0.3, 0.4) is 0 Å². The van der Waals surface area contributed by atoms with E-state index < -0.39 is 0 Å². The van der Waals surface area contributed by atoms with E-state index in [0.29, 0.717) is 0 Å². The number of thiophene rings is 1. The summed E-state index contributed by atoms with van der Waals surface area (Å²) in [6.45, 7) is 10.7. The highest BCUT2D eigenvalue weighted by Crippen LogP contribution is 2.42. The van der Waals surface area contributed by atoms with E-state index in [-0.39, 0.29) is 0 Å². The van der Waals surface area contributed by atoms with Gasteiger partial charge in [0, 0.05) is 18.0 Å². The number of hydrogen-bond acceptors (Lipinski definition) is 6. The highest BCUT2D eigenvalue weighted by atomic mass is 32.1. The number of fused-ring (bicyclic) bond motifs is 3. The van der Waals surface area contributed by atoms with Crippen LogP contribution in [0.5, 0.6) is 11.6 Å². The number of benzene rings is 1. The van der Waals surface area contributed by atoms with Gasteiger partial charge in [-0.15, -0.1) is 11.3 Å². The molecule has 0 saturated carbocycles. The highest BCUT2D eigenvalue weighted by Gasteiger charge is 2.25. The van der Waals surface area contributed by atoms with Crippen LogP contribution in [0.25, 0.3) is 10.2 Å². The lowest BCUT2D eigenvalue weighted by atomic mass is 9.89. The van der Waals surface area contributed by atoms with Crippen LogP contribution < -0.4 is 4.74 Å². The molecule has 1 saturated heterocycles. The summed E-state index contributed by atoms with van der Waals surface area (Å²) in [6, 6.07) is 6.26. The van der Waals surface area contributed by atoms with Crippen LogP contribution in [0.4, 0.5) is 0 Å². The molecule has 1 aliphatic heterocycles. The lowest BCUT2D eigenvalue weighted by Crippen LogP contribution is -2.36. The number of morpholine rings is 1. The van der Waals surface area contributed by atoms with Gasteiger partial charge in [-0.25, -0.2) is 4.98 Å². The van der Waals surface area contributed by atoms with Crippen molar-refractivity contribution in [3.8, 4) is 11.6 Å². The van der Waals surface area contributed by atoms with E-state index in [1.807, 2.05) is 17.4 Å². The molecule has 5 nitrogen and oxygen atoms in total. The maximum atomic E-state index is 6.42. The van der Waals surface area contributed by atoms with Gasteiger partial charge in [0.25, 0.3) is 0 Å². The number of nitrogens with zero attached hydrogens (tertiary/aromatic N) is 3. The molecule has 2 aliphatic rings. The minimum Gasteiger partial charge on any atom is -0.438 e. The lowest BCUT2D eigenvalue weighted by molar-refractivity contribution is 0.0330. The van der Waals surface area contributed by atoms with Crippen molar-refractivity contribution >= 4 is 21.6 Å². The van der Waals surface area contributed by atoms with Crippen molar-refractivity contribution in [1.29, 1.82) is 0 Å². The molecule has 3 aromatic rings. The summed E-state index contributed by atoms with van der Waals surface area (Å²) < 4.78 is 11.9. The van der Waals surface area contributed by atoms with Crippen molar-refractivity contribution in [1.82, 2.24) is 14.9 Å². The Morgan fingerprint density at radius 3 is 2.80 bits per heavy atom. The summed E-state index contributed by atoms with van der Waals surface area (Å²) in [5, 5.41) is 1.13. The molecule has 0 unspecified atom stereocenters. The topological polar surface area (TPSA) is 47.5 Å². The first-order chi connectivity index (χ1) is 14.6. The normalized spacial score (nSPS) is 19.8. The minimum absolute atomic E-state index is 0.721. The predicted octanol–water partition coefficient (Wildman–Crippen LogP) is 5.06. The molecule has 6 heteroatoms. The zero-order valence-electron chi connectivity index (χ0n) is 18.0. The summed E-state index contributed by atoms with van der Waals surface area (Å²) in [5.41, 5.74) is 3.91. The minimum atomic E-state index is 0.721. The molecule has 30 heavy (non-hydrogen) atoms. The predicted molar refractivity (Wildman–Crippen MR) is 121 cm³/mol. The first-order valence-electron chi connectivity index (χ1n) is 10.9. The Bertz CT molecular complexity index is 1070. The van der Waals surface area contributed by atoms with Crippen molar-refractivity contribution in [2.75, 3.05) is 26.3 Å². The van der Waals surface area contributed by atoms with Gasteiger partial charge in [0.15, 0.2) is 0 Å². The smallest absolute Gasteiger partial charge is 0.231 e. The van der Waals surface area contributed by atoms with Crippen molar-refractivity contribution in [2.45, 2.75) is 46.6 Å². The third-order valence-electron chi connectivity index (χ3n) is 6.33. The third kappa shape index (κ3) is 3.96. The highest BCUT2D eigenvalue weighted by molar-refractivity contribution is 7.18. The third-order valence-corrected chi connectivity index (χ3v) is 7.48. The van der Waals surface area contributed by atoms with Gasteiger partial charge in [0.05, 0.1) is 25.1 Å². The standard InChI is InChI=1S/C24H29N3O2S/c1-15-4-7-19-20(12-15)30-24-22(19)23(29-18-6-5-16(2)17(3)13-18)25-21(26-24)14-27-8-10-28-11-9-27/h5-6,13,15H,4,7-12,14H2,1-3H3/t15-/m0/s1. The second-order valence-corrected chi connectivity index (χ2v) is 9.80. The van der Waals surface area contributed by atoms with Gasteiger partial charge in [-0.05, 0) is 67.9 Å². The van der Waals surface area contributed by atoms with Crippen molar-refractivity contribution in [3.63, 3.8) is 0 Å². The summed E-state index contributed by atoms with van der Waals surface area (Å²) >= 11 is 1.84. The molecule has 1 fully saturated rings. The van der Waals surface area contributed by atoms with Crippen molar-refractivity contribution in [2.24, 2.45) is 5.92 Å². The van der Waals surface area contributed by atoms with Crippen LogP contribution >= 0.6 is 11.3 Å². The second kappa shape index (κ2) is 8.25. The molecular weight excluding hydrogens is 394 g/mol. The molecule has 5 rings (SSSR count). The van der Waals surface area contributed by atoms with E-state index in [4.69, 9.17) is 19.4 Å². The molecule has 1 aromatic carbocycles. The monoisotopic (exact) mass is 423 g/mol. The first kappa shape index (κ1) is 19.9. The molecule has 1 atom stereocenters. The van der Waals surface area contributed by atoms with Gasteiger partial charge in [-0.2, -0.15) is 4.98 Å². The Morgan fingerprint density at radius 2 is 2.00 bits per heavy atom. The van der Waals surface area contributed by atoms with Gasteiger partial charge >= 0.3 is 0 Å². The van der Waals surface area contributed by atoms with Gasteiger partial charge in [-0.3, -0.25) is 4.90 Å². The maximum absolute atomic E-state index is 6.42. The van der Waals surface area contributed by atoms with Crippen LogP contribution in [0.15, 0.2) is 18.2 Å². The molecule has 0 bridgehead atoms. The van der Waals surface area contributed by atoms with Crippen molar-refractivity contribution in [3.05, 3.63) is 45.6 Å². The van der Waals surface area contributed by atoms with E-state index in [2.05, 4.69) is 37.8 Å². The Hall–Kier alpha value is -2.02. The summed E-state index contributed by atoms with van der Waals surface area (Å²) in [5.74, 6) is 3.14. The zero-order valence-corrected chi connectivity index (χ0v) is 18.8. The Morgan fingerprint density at radius 1 is 1.17 bits per heavy atom. The SMILES string of the molecule is Cc1ccc(Oc2nc(CN3CCOCC3)nc3sc4c(c23)CC[C@H](C)C4)cc1C. The van der Waals surface area contributed by atoms with E-state index >= 15 is 0 Å². The molecule has 158 valence electrons. The number of hydrogen-bond donors (Lipinski definition) is 0. The fourth-order valence-corrected chi connectivity index (χ4v) is 5.74. The van der Waals surface area contributed by atoms with Gasteiger partial charge in [0.2, 0.25) is 5.88 Å². The quantitative estimate of drug-likeness (QED) is 0.587. The Labute approximate surface area is 182 Å². The number of aromatic nitrogens is 2. The molecule has 0 spiro atoms. The number of ether oxygens (including phenoxy) is 2. The molecular formula is C24H29N3O2S. The van der Waals surface area contributed by atoms with Gasteiger partial charge in [-0.1, -0.05) is 13.0 Å². The van der Waals surface area contributed by atoms with Crippen molar-refractivity contribution < 1.29 is 9.47 Å². The zero-order chi connectivity index (χ0) is 20.7. The summed E-state index contributed by atoms with van der Waals surface area (Å²) in [4.78, 5) is 14.8. The van der Waals surface area contributed by atoms with E-state index in [1.54, 1.807) is 0 Å². The molecule has 0 N–H and O–H groups in total. The summed E-state index contributed by atoms with van der Waals surface area (Å²) in [6.07, 6.45) is 3.45. The average molecular weight is 424 g/mol. The second-order valence-electron chi connectivity index (χ2n) is 8.71. The molecule has 0 amide bonds. The fraction of sp³-hybridized carbons (Fsp3) is 0.500. The molecule has 2 aromatic heterocycles. The van der Waals surface area contributed by atoms with Crippen LogP contribution in [0.1, 0.15) is 40.7 Å². The summed E-state index contributed by atoms with van der Waals surface area (Å²) in [7, 11) is 0. The lowest BCUT2D eigenvalue weighted by Gasteiger charge is -2.25. The van der Waals surface area contributed by atoms with Crippen LogP contribution in [-0.2, 0) is 24.1 Å². The van der Waals surface area contributed by atoms with Crippen LogP contribution in [-0.4, -0.2) is 41.2 Å². The van der Waals surface area contributed by atoms with E-state index in [1.165, 1.54) is 28.0 Å². The maximum Gasteiger partial charge on any atom is 0.231 e. The number of rotatable bonds is 4. The average Bonchev–Trinajstić information content (AvgIpc) is 3.09. The van der Waals surface area contributed by atoms with Gasteiger partial charge in [0.1, 0.15) is 16.4 Å². The van der Waals surface area contributed by atoms with Crippen LogP contribution in [0, 0.1) is 19.8 Å². The largest absolute Gasteiger partial charge is 0.438 e. The van der Waals surface area contributed by atoms with Crippen LogP contribution in [0.2, 0.25) is 0 Å². The Balaban J connectivity index is 1.56. The first-order valence-corrected chi connectivity index (χ1v) is 11.7. The fourth-order valence-electron chi connectivity index (χ4n) is 4.34.